The molecule has 0 spiro atoms. The van der Waals surface area contributed by atoms with E-state index in [9.17, 15) is 17.6 Å². The molecule has 0 atom stereocenters. The first kappa shape index (κ1) is 11.9. The van der Waals surface area contributed by atoms with Crippen LogP contribution in [0.15, 0.2) is 23.2 Å². The summed E-state index contributed by atoms with van der Waals surface area (Å²) in [7, 11) is 0. The fraction of sp³-hybridized carbons (Fsp3) is 0.364. The number of halogens is 4. The van der Waals surface area contributed by atoms with Gasteiger partial charge in [0.2, 0.25) is 0 Å². The average molecular weight is 246 g/mol. The topological polar surface area (TPSA) is 24.4 Å². The molecule has 0 radical (unpaired) electrons. The highest BCUT2D eigenvalue weighted by atomic mass is 19.4. The highest BCUT2D eigenvalue weighted by Crippen LogP contribution is 2.33. The summed E-state index contributed by atoms with van der Waals surface area (Å²) in [5.41, 5.74) is -1.29. The Balaban J connectivity index is 2.37. The Labute approximate surface area is 95.4 Å². The monoisotopic (exact) mass is 246 g/mol. The zero-order chi connectivity index (χ0) is 12.5. The second-order valence-electron chi connectivity index (χ2n) is 3.70. The van der Waals surface area contributed by atoms with Gasteiger partial charge >= 0.3 is 6.18 Å². The van der Waals surface area contributed by atoms with Crippen LogP contribution in [0.3, 0.4) is 0 Å². The summed E-state index contributed by atoms with van der Waals surface area (Å²) < 4.78 is 51.5. The van der Waals surface area contributed by atoms with Crippen LogP contribution in [0.25, 0.3) is 0 Å². The van der Waals surface area contributed by atoms with Gasteiger partial charge in [0.25, 0.3) is 0 Å². The van der Waals surface area contributed by atoms with E-state index in [4.69, 9.17) is 0 Å². The second kappa shape index (κ2) is 4.35. The maximum atomic E-state index is 13.5. The van der Waals surface area contributed by atoms with Crippen molar-refractivity contribution in [2.24, 2.45) is 4.99 Å². The Morgan fingerprint density at radius 2 is 2.06 bits per heavy atom. The Bertz CT molecular complexity index is 451. The van der Waals surface area contributed by atoms with Crippen LogP contribution in [-0.2, 0) is 12.6 Å². The van der Waals surface area contributed by atoms with E-state index in [0.717, 1.165) is 18.2 Å². The van der Waals surface area contributed by atoms with Crippen LogP contribution in [0.2, 0.25) is 0 Å². The van der Waals surface area contributed by atoms with Crippen LogP contribution in [0.4, 0.5) is 17.6 Å². The molecule has 1 aliphatic rings. The molecule has 0 unspecified atom stereocenters. The lowest BCUT2D eigenvalue weighted by atomic mass is 10.0. The summed E-state index contributed by atoms with van der Waals surface area (Å²) in [5.74, 6) is -0.447. The SMILES string of the molecule is Fc1cccc(C(F)(F)F)c1CC1=NCCN1. The lowest BCUT2D eigenvalue weighted by molar-refractivity contribution is -0.138. The van der Waals surface area contributed by atoms with Crippen LogP contribution in [0.5, 0.6) is 0 Å². The smallest absolute Gasteiger partial charge is 0.372 e. The van der Waals surface area contributed by atoms with Crippen molar-refractivity contribution in [3.8, 4) is 0 Å². The zero-order valence-corrected chi connectivity index (χ0v) is 8.81. The minimum Gasteiger partial charge on any atom is -0.372 e. The summed E-state index contributed by atoms with van der Waals surface area (Å²) >= 11 is 0. The van der Waals surface area contributed by atoms with Gasteiger partial charge in [0.05, 0.1) is 12.1 Å². The van der Waals surface area contributed by atoms with Crippen LogP contribution < -0.4 is 5.32 Å². The van der Waals surface area contributed by atoms with E-state index >= 15 is 0 Å². The molecule has 2 rings (SSSR count). The van der Waals surface area contributed by atoms with Gasteiger partial charge in [0.15, 0.2) is 0 Å². The van der Waals surface area contributed by atoms with Crippen molar-refractivity contribution in [3.05, 3.63) is 35.1 Å². The van der Waals surface area contributed by atoms with E-state index in [2.05, 4.69) is 10.3 Å². The average Bonchev–Trinajstić information content (AvgIpc) is 2.72. The number of benzene rings is 1. The molecule has 0 saturated carbocycles. The fourth-order valence-corrected chi connectivity index (χ4v) is 1.74. The van der Waals surface area contributed by atoms with E-state index in [-0.39, 0.29) is 12.0 Å². The molecule has 6 heteroatoms. The minimum absolute atomic E-state index is 0.151. The van der Waals surface area contributed by atoms with Gasteiger partial charge in [-0.1, -0.05) is 6.07 Å². The minimum atomic E-state index is -4.55. The molecule has 0 aliphatic carbocycles. The predicted molar refractivity (Wildman–Crippen MR) is 55.4 cm³/mol. The third-order valence-electron chi connectivity index (χ3n) is 2.51. The number of rotatable bonds is 2. The molecule has 92 valence electrons. The van der Waals surface area contributed by atoms with Crippen molar-refractivity contribution < 1.29 is 17.6 Å². The van der Waals surface area contributed by atoms with Crippen molar-refractivity contribution in [1.82, 2.24) is 5.32 Å². The van der Waals surface area contributed by atoms with Crippen molar-refractivity contribution in [1.29, 1.82) is 0 Å². The first-order chi connectivity index (χ1) is 7.98. The summed E-state index contributed by atoms with van der Waals surface area (Å²) in [4.78, 5) is 3.97. The summed E-state index contributed by atoms with van der Waals surface area (Å²) in [6.45, 7) is 1.11. The van der Waals surface area contributed by atoms with Crippen LogP contribution in [0, 0.1) is 5.82 Å². The molecule has 0 amide bonds. The van der Waals surface area contributed by atoms with E-state index in [0.29, 0.717) is 18.9 Å². The Kier molecular flexibility index (Phi) is 3.04. The summed E-state index contributed by atoms with van der Waals surface area (Å²) in [5, 5.41) is 2.83. The molecule has 0 aromatic heterocycles. The molecule has 0 bridgehead atoms. The predicted octanol–water partition coefficient (Wildman–Crippen LogP) is 2.39. The molecule has 0 saturated heterocycles. The fourth-order valence-electron chi connectivity index (χ4n) is 1.74. The molecule has 1 aromatic rings. The van der Waals surface area contributed by atoms with E-state index in [1.807, 2.05) is 0 Å². The molecule has 2 nitrogen and oxygen atoms in total. The third kappa shape index (κ3) is 2.57. The molecule has 1 aliphatic heterocycles. The quantitative estimate of drug-likeness (QED) is 0.796. The van der Waals surface area contributed by atoms with Gasteiger partial charge in [0.1, 0.15) is 11.7 Å². The highest BCUT2D eigenvalue weighted by Gasteiger charge is 2.34. The van der Waals surface area contributed by atoms with Gasteiger partial charge in [-0.25, -0.2) is 4.39 Å². The summed E-state index contributed by atoms with van der Waals surface area (Å²) in [6, 6.07) is 2.97. The van der Waals surface area contributed by atoms with Gasteiger partial charge in [-0.2, -0.15) is 13.2 Å². The van der Waals surface area contributed by atoms with Gasteiger partial charge in [-0.3, -0.25) is 4.99 Å². The number of aliphatic imine (C=N–C) groups is 1. The molecule has 17 heavy (non-hydrogen) atoms. The molecular formula is C11H10F4N2. The zero-order valence-electron chi connectivity index (χ0n) is 8.81. The molecule has 0 fully saturated rings. The van der Waals surface area contributed by atoms with E-state index in [1.165, 1.54) is 0 Å². The first-order valence-corrected chi connectivity index (χ1v) is 5.10. The Hall–Kier alpha value is -1.59. The van der Waals surface area contributed by atoms with E-state index < -0.39 is 17.6 Å². The molecule has 1 aromatic carbocycles. The van der Waals surface area contributed by atoms with E-state index in [1.54, 1.807) is 0 Å². The van der Waals surface area contributed by atoms with Gasteiger partial charge in [-0.05, 0) is 12.1 Å². The largest absolute Gasteiger partial charge is 0.416 e. The normalized spacial score (nSPS) is 15.6. The number of amidine groups is 1. The van der Waals surface area contributed by atoms with Crippen molar-refractivity contribution >= 4 is 5.84 Å². The molecule has 1 heterocycles. The Morgan fingerprint density at radius 3 is 2.65 bits per heavy atom. The highest BCUT2D eigenvalue weighted by molar-refractivity contribution is 5.86. The maximum Gasteiger partial charge on any atom is 0.416 e. The van der Waals surface area contributed by atoms with Crippen molar-refractivity contribution in [2.45, 2.75) is 12.6 Å². The van der Waals surface area contributed by atoms with Gasteiger partial charge < -0.3 is 5.32 Å². The second-order valence-corrected chi connectivity index (χ2v) is 3.70. The van der Waals surface area contributed by atoms with Crippen LogP contribution in [-0.4, -0.2) is 18.9 Å². The van der Waals surface area contributed by atoms with Gasteiger partial charge in [0, 0.05) is 18.5 Å². The van der Waals surface area contributed by atoms with Crippen LogP contribution >= 0.6 is 0 Å². The first-order valence-electron chi connectivity index (χ1n) is 5.10. The Morgan fingerprint density at radius 1 is 1.29 bits per heavy atom. The molecule has 1 N–H and O–H groups in total. The lowest BCUT2D eigenvalue weighted by Crippen LogP contribution is -2.23. The summed E-state index contributed by atoms with van der Waals surface area (Å²) in [6.07, 6.45) is -4.70. The number of hydrogen-bond acceptors (Lipinski definition) is 2. The van der Waals surface area contributed by atoms with Crippen LogP contribution in [0.1, 0.15) is 11.1 Å². The molecular weight excluding hydrogens is 236 g/mol. The van der Waals surface area contributed by atoms with Crippen molar-refractivity contribution in [2.75, 3.05) is 13.1 Å². The lowest BCUT2D eigenvalue weighted by Gasteiger charge is -2.13. The number of hydrogen-bond donors (Lipinski definition) is 1. The maximum absolute atomic E-state index is 13.5. The number of nitrogens with zero attached hydrogens (tertiary/aromatic N) is 1. The van der Waals surface area contributed by atoms with Gasteiger partial charge in [-0.15, -0.1) is 0 Å². The third-order valence-corrected chi connectivity index (χ3v) is 2.51. The van der Waals surface area contributed by atoms with Crippen molar-refractivity contribution in [3.63, 3.8) is 0 Å². The number of alkyl halides is 3. The standard InChI is InChI=1S/C11H10F4N2/c12-9-3-1-2-8(11(13,14)15)7(9)6-10-16-4-5-17-10/h1-3H,4-6H2,(H,16,17). The number of nitrogens with one attached hydrogen (secondary N) is 1.